The first-order valence-electron chi connectivity index (χ1n) is 18.1. The second kappa shape index (κ2) is 11.9. The summed E-state index contributed by atoms with van der Waals surface area (Å²) in [5.74, 6) is 0. The van der Waals surface area contributed by atoms with Crippen molar-refractivity contribution in [1.82, 2.24) is 4.57 Å². The summed E-state index contributed by atoms with van der Waals surface area (Å²) in [5, 5.41) is 10.1. The Labute approximate surface area is 311 Å². The molecule has 0 N–H and O–H groups in total. The van der Waals surface area contributed by atoms with E-state index in [2.05, 4.69) is 204 Å². The van der Waals surface area contributed by atoms with Gasteiger partial charge in [-0.25, -0.2) is 0 Å². The Bertz CT molecular complexity index is 3180. The zero-order valence-electron chi connectivity index (χ0n) is 28.8. The Kier molecular flexibility index (Phi) is 6.76. The van der Waals surface area contributed by atoms with E-state index in [-0.39, 0.29) is 0 Å². The van der Waals surface area contributed by atoms with E-state index < -0.39 is 0 Å². The summed E-state index contributed by atoms with van der Waals surface area (Å²) in [6, 6.07) is 71.0. The largest absolute Gasteiger partial charge is 0.310 e. The topological polar surface area (TPSA) is 8.17 Å². The van der Waals surface area contributed by atoms with E-state index in [1.807, 2.05) is 11.3 Å². The Balaban J connectivity index is 1.03. The molecule has 0 saturated carbocycles. The molecular formula is C50H32N2S. The first-order valence-corrected chi connectivity index (χ1v) is 18.9. The lowest BCUT2D eigenvalue weighted by atomic mass is 10.0. The summed E-state index contributed by atoms with van der Waals surface area (Å²) in [4.78, 5) is 2.39. The van der Waals surface area contributed by atoms with Crippen LogP contribution in [0.15, 0.2) is 194 Å². The monoisotopic (exact) mass is 692 g/mol. The number of thiophene rings is 1. The van der Waals surface area contributed by atoms with Gasteiger partial charge in [0.2, 0.25) is 0 Å². The molecule has 2 aromatic heterocycles. The van der Waals surface area contributed by atoms with Crippen molar-refractivity contribution in [2.45, 2.75) is 0 Å². The van der Waals surface area contributed by atoms with E-state index >= 15 is 0 Å². The van der Waals surface area contributed by atoms with Crippen LogP contribution < -0.4 is 4.90 Å². The summed E-state index contributed by atoms with van der Waals surface area (Å²) >= 11 is 1.87. The first-order chi connectivity index (χ1) is 26.3. The summed E-state index contributed by atoms with van der Waals surface area (Å²) in [6.45, 7) is 0. The molecule has 0 aliphatic heterocycles. The van der Waals surface area contributed by atoms with E-state index in [0.29, 0.717) is 0 Å². The second-order valence-electron chi connectivity index (χ2n) is 13.8. The van der Waals surface area contributed by atoms with Crippen LogP contribution in [0.1, 0.15) is 0 Å². The molecule has 0 atom stereocenters. The lowest BCUT2D eigenvalue weighted by Crippen LogP contribution is -2.10. The summed E-state index contributed by atoms with van der Waals surface area (Å²) in [6.07, 6.45) is 0. The van der Waals surface area contributed by atoms with Crippen molar-refractivity contribution in [3.63, 3.8) is 0 Å². The molecule has 53 heavy (non-hydrogen) atoms. The highest BCUT2D eigenvalue weighted by molar-refractivity contribution is 7.25. The summed E-state index contributed by atoms with van der Waals surface area (Å²) in [7, 11) is 0. The van der Waals surface area contributed by atoms with Gasteiger partial charge in [0.15, 0.2) is 0 Å². The standard InChI is InChI=1S/C50H32N2S/c1-2-15-38(16-3-1)51(46-20-10-14-34-12-6-7-17-41(34)46)40-25-28-49-45(32-40)43-26-22-37(31-50(43)53-49)36-23-27-48-44(30-36)42-18-8-9-19-47(42)52(48)39-24-21-33-11-4-5-13-35(33)29-39/h1-32H. The van der Waals surface area contributed by atoms with Gasteiger partial charge in [0.05, 0.1) is 16.7 Å². The van der Waals surface area contributed by atoms with Gasteiger partial charge in [0.25, 0.3) is 0 Å². The average molecular weight is 693 g/mol. The van der Waals surface area contributed by atoms with E-state index in [4.69, 9.17) is 0 Å². The van der Waals surface area contributed by atoms with E-state index in [9.17, 15) is 0 Å². The van der Waals surface area contributed by atoms with Gasteiger partial charge in [0, 0.05) is 53.4 Å². The maximum atomic E-state index is 2.41. The third kappa shape index (κ3) is 4.86. The Morgan fingerprint density at radius 1 is 0.358 bits per heavy atom. The minimum atomic E-state index is 1.14. The smallest absolute Gasteiger partial charge is 0.0541 e. The maximum Gasteiger partial charge on any atom is 0.0541 e. The lowest BCUT2D eigenvalue weighted by molar-refractivity contribution is 1.19. The van der Waals surface area contributed by atoms with Crippen molar-refractivity contribution in [2.75, 3.05) is 4.90 Å². The molecule has 3 heteroatoms. The highest BCUT2D eigenvalue weighted by Gasteiger charge is 2.18. The maximum absolute atomic E-state index is 2.41. The van der Waals surface area contributed by atoms with Crippen LogP contribution >= 0.6 is 11.3 Å². The SMILES string of the molecule is c1ccc(N(c2ccc3sc4cc(-c5ccc6c(c5)c5ccccc5n6-c5ccc6ccccc6c5)ccc4c3c2)c2cccc3ccccc23)cc1. The number of hydrogen-bond donors (Lipinski definition) is 0. The molecule has 0 saturated heterocycles. The molecule has 0 unspecified atom stereocenters. The van der Waals surface area contributed by atoms with Gasteiger partial charge >= 0.3 is 0 Å². The fourth-order valence-corrected chi connectivity index (χ4v) is 9.36. The number of para-hydroxylation sites is 2. The third-order valence-electron chi connectivity index (χ3n) is 10.7. The van der Waals surface area contributed by atoms with Crippen LogP contribution in [0.2, 0.25) is 0 Å². The molecule has 0 aliphatic rings. The third-order valence-corrected chi connectivity index (χ3v) is 11.9. The molecular weight excluding hydrogens is 661 g/mol. The van der Waals surface area contributed by atoms with Gasteiger partial charge in [-0.1, -0.05) is 121 Å². The number of nitrogens with zero attached hydrogens (tertiary/aromatic N) is 2. The number of rotatable bonds is 5. The van der Waals surface area contributed by atoms with Crippen LogP contribution in [0, 0.1) is 0 Å². The fraction of sp³-hybridized carbons (Fsp3) is 0. The van der Waals surface area contributed by atoms with Crippen LogP contribution in [0.25, 0.3) is 80.3 Å². The van der Waals surface area contributed by atoms with Crippen LogP contribution in [-0.4, -0.2) is 4.57 Å². The zero-order valence-corrected chi connectivity index (χ0v) is 29.6. The molecule has 9 aromatic carbocycles. The molecule has 0 radical (unpaired) electrons. The average Bonchev–Trinajstić information content (AvgIpc) is 3.76. The number of benzene rings is 9. The molecule has 0 fully saturated rings. The van der Waals surface area contributed by atoms with Crippen LogP contribution in [-0.2, 0) is 0 Å². The van der Waals surface area contributed by atoms with Gasteiger partial charge in [0.1, 0.15) is 0 Å². The molecule has 248 valence electrons. The van der Waals surface area contributed by atoms with Crippen molar-refractivity contribution in [3.05, 3.63) is 194 Å². The fourth-order valence-electron chi connectivity index (χ4n) is 8.24. The normalized spacial score (nSPS) is 11.8. The highest BCUT2D eigenvalue weighted by Crippen LogP contribution is 2.44. The minimum Gasteiger partial charge on any atom is -0.310 e. The van der Waals surface area contributed by atoms with E-state index in [1.165, 1.54) is 86.0 Å². The van der Waals surface area contributed by atoms with Crippen LogP contribution in [0.5, 0.6) is 0 Å². The summed E-state index contributed by atoms with van der Waals surface area (Å²) < 4.78 is 5.00. The molecule has 0 amide bonds. The molecule has 2 nitrogen and oxygen atoms in total. The predicted octanol–water partition coefficient (Wildman–Crippen LogP) is 14.6. The molecule has 0 aliphatic carbocycles. The van der Waals surface area contributed by atoms with Crippen LogP contribution in [0.3, 0.4) is 0 Å². The zero-order chi connectivity index (χ0) is 34.9. The van der Waals surface area contributed by atoms with Crippen molar-refractivity contribution in [1.29, 1.82) is 0 Å². The second-order valence-corrected chi connectivity index (χ2v) is 14.9. The van der Waals surface area contributed by atoms with Gasteiger partial charge in [-0.3, -0.25) is 0 Å². The molecule has 0 bridgehead atoms. The molecule has 11 aromatic rings. The Hall–Kier alpha value is -6.68. The summed E-state index contributed by atoms with van der Waals surface area (Å²) in [5.41, 5.74) is 9.54. The van der Waals surface area contributed by atoms with Gasteiger partial charge in [-0.05, 0) is 100 Å². The lowest BCUT2D eigenvalue weighted by Gasteiger charge is -2.27. The number of aromatic nitrogens is 1. The quantitative estimate of drug-likeness (QED) is 0.174. The molecule has 11 rings (SSSR count). The van der Waals surface area contributed by atoms with Crippen molar-refractivity contribution >= 4 is 91.9 Å². The molecule has 2 heterocycles. The number of fused-ring (bicyclic) bond motifs is 8. The van der Waals surface area contributed by atoms with Crippen LogP contribution in [0.4, 0.5) is 17.1 Å². The van der Waals surface area contributed by atoms with Crippen molar-refractivity contribution < 1.29 is 0 Å². The van der Waals surface area contributed by atoms with Crippen molar-refractivity contribution in [2.24, 2.45) is 0 Å². The minimum absolute atomic E-state index is 1.14. The van der Waals surface area contributed by atoms with Gasteiger partial charge < -0.3 is 9.47 Å². The predicted molar refractivity (Wildman–Crippen MR) is 229 cm³/mol. The van der Waals surface area contributed by atoms with Gasteiger partial charge in [-0.2, -0.15) is 0 Å². The molecule has 0 spiro atoms. The van der Waals surface area contributed by atoms with Crippen molar-refractivity contribution in [3.8, 4) is 16.8 Å². The Morgan fingerprint density at radius 2 is 1.08 bits per heavy atom. The van der Waals surface area contributed by atoms with E-state index in [0.717, 1.165) is 11.4 Å². The van der Waals surface area contributed by atoms with Gasteiger partial charge in [-0.15, -0.1) is 11.3 Å². The first kappa shape index (κ1) is 30.0. The highest BCUT2D eigenvalue weighted by atomic mass is 32.1. The Morgan fingerprint density at radius 3 is 1.98 bits per heavy atom. The number of anilines is 3. The van der Waals surface area contributed by atoms with E-state index in [1.54, 1.807) is 0 Å². The number of hydrogen-bond acceptors (Lipinski definition) is 2.